The molecule has 0 saturated heterocycles. The number of hydrogen-bond acceptors (Lipinski definition) is 4. The molecule has 5 heteroatoms. The third-order valence-electron chi connectivity index (χ3n) is 3.64. The SMILES string of the molecule is Cc1ccccc1-n1nnnc1-c1ccc2ccccc2n1. The summed E-state index contributed by atoms with van der Waals surface area (Å²) in [4.78, 5) is 4.67. The van der Waals surface area contributed by atoms with Crippen molar-refractivity contribution in [2.24, 2.45) is 0 Å². The van der Waals surface area contributed by atoms with E-state index in [0.717, 1.165) is 27.8 Å². The first kappa shape index (κ1) is 12.6. The number of pyridine rings is 1. The topological polar surface area (TPSA) is 56.5 Å². The predicted octanol–water partition coefficient (Wildman–Crippen LogP) is 3.19. The van der Waals surface area contributed by atoms with Crippen LogP contribution in [0.15, 0.2) is 60.7 Å². The zero-order chi connectivity index (χ0) is 14.9. The van der Waals surface area contributed by atoms with Crippen LogP contribution < -0.4 is 0 Å². The molecule has 0 radical (unpaired) electrons. The Morgan fingerprint density at radius 1 is 0.864 bits per heavy atom. The van der Waals surface area contributed by atoms with Crippen LogP contribution in [0.2, 0.25) is 0 Å². The summed E-state index contributed by atoms with van der Waals surface area (Å²) >= 11 is 0. The van der Waals surface area contributed by atoms with Crippen LogP contribution in [-0.4, -0.2) is 25.2 Å². The number of aryl methyl sites for hydroxylation is 1. The van der Waals surface area contributed by atoms with Gasteiger partial charge >= 0.3 is 0 Å². The molecule has 0 N–H and O–H groups in total. The molecule has 0 atom stereocenters. The Balaban J connectivity index is 1.90. The minimum absolute atomic E-state index is 0.639. The van der Waals surface area contributed by atoms with Gasteiger partial charge in [-0.1, -0.05) is 42.5 Å². The van der Waals surface area contributed by atoms with Gasteiger partial charge in [-0.05, 0) is 41.1 Å². The van der Waals surface area contributed by atoms with Crippen molar-refractivity contribution in [3.63, 3.8) is 0 Å². The van der Waals surface area contributed by atoms with Crippen molar-refractivity contribution in [1.82, 2.24) is 25.2 Å². The Kier molecular flexibility index (Phi) is 2.89. The van der Waals surface area contributed by atoms with E-state index in [-0.39, 0.29) is 0 Å². The van der Waals surface area contributed by atoms with Crippen LogP contribution >= 0.6 is 0 Å². The first-order valence-electron chi connectivity index (χ1n) is 7.03. The molecule has 0 saturated carbocycles. The highest BCUT2D eigenvalue weighted by atomic mass is 15.5. The summed E-state index contributed by atoms with van der Waals surface area (Å²) in [7, 11) is 0. The van der Waals surface area contributed by atoms with Gasteiger partial charge in [0.05, 0.1) is 11.2 Å². The van der Waals surface area contributed by atoms with E-state index in [1.54, 1.807) is 4.68 Å². The second kappa shape index (κ2) is 5.04. The standard InChI is InChI=1S/C17H13N5/c1-12-6-2-5-9-16(12)22-17(19-20-21-22)15-11-10-13-7-3-4-8-14(13)18-15/h2-11H,1H3. The third kappa shape index (κ3) is 2.03. The highest BCUT2D eigenvalue weighted by Crippen LogP contribution is 2.22. The zero-order valence-corrected chi connectivity index (χ0v) is 12.0. The van der Waals surface area contributed by atoms with Crippen LogP contribution in [0, 0.1) is 6.92 Å². The molecular formula is C17H13N5. The Bertz CT molecular complexity index is 958. The number of hydrogen-bond donors (Lipinski definition) is 0. The zero-order valence-electron chi connectivity index (χ0n) is 12.0. The Labute approximate surface area is 127 Å². The molecule has 0 aliphatic carbocycles. The van der Waals surface area contributed by atoms with Gasteiger partial charge < -0.3 is 0 Å². The number of benzene rings is 2. The fourth-order valence-electron chi connectivity index (χ4n) is 2.50. The monoisotopic (exact) mass is 287 g/mol. The van der Waals surface area contributed by atoms with Crippen LogP contribution in [0.25, 0.3) is 28.1 Å². The minimum Gasteiger partial charge on any atom is -0.244 e. The molecule has 0 amide bonds. The van der Waals surface area contributed by atoms with Crippen molar-refractivity contribution in [1.29, 1.82) is 0 Å². The number of fused-ring (bicyclic) bond motifs is 1. The molecular weight excluding hydrogens is 274 g/mol. The molecule has 106 valence electrons. The molecule has 2 heterocycles. The van der Waals surface area contributed by atoms with E-state index in [0.29, 0.717) is 5.82 Å². The van der Waals surface area contributed by atoms with E-state index < -0.39 is 0 Å². The van der Waals surface area contributed by atoms with Crippen LogP contribution in [-0.2, 0) is 0 Å². The molecule has 22 heavy (non-hydrogen) atoms. The predicted molar refractivity (Wildman–Crippen MR) is 84.6 cm³/mol. The van der Waals surface area contributed by atoms with Gasteiger partial charge in [0.1, 0.15) is 5.69 Å². The molecule has 4 aromatic rings. The molecule has 0 aliphatic rings. The quantitative estimate of drug-likeness (QED) is 0.568. The molecule has 2 aromatic heterocycles. The highest BCUT2D eigenvalue weighted by molar-refractivity contribution is 5.80. The lowest BCUT2D eigenvalue weighted by atomic mass is 10.2. The van der Waals surface area contributed by atoms with Crippen LogP contribution in [0.3, 0.4) is 0 Å². The van der Waals surface area contributed by atoms with Crippen molar-refractivity contribution in [2.75, 3.05) is 0 Å². The van der Waals surface area contributed by atoms with Gasteiger partial charge in [0.25, 0.3) is 0 Å². The van der Waals surface area contributed by atoms with E-state index in [1.165, 1.54) is 0 Å². The summed E-state index contributed by atoms with van der Waals surface area (Å²) in [6, 6.07) is 20.0. The summed E-state index contributed by atoms with van der Waals surface area (Å²) in [6.45, 7) is 2.04. The lowest BCUT2D eigenvalue weighted by Crippen LogP contribution is -2.02. The van der Waals surface area contributed by atoms with Crippen molar-refractivity contribution in [3.8, 4) is 17.2 Å². The average Bonchev–Trinajstić information content (AvgIpc) is 3.04. The van der Waals surface area contributed by atoms with Gasteiger partial charge in [-0.15, -0.1) is 5.10 Å². The molecule has 0 fully saturated rings. The lowest BCUT2D eigenvalue weighted by Gasteiger charge is -2.07. The molecule has 2 aromatic carbocycles. The number of para-hydroxylation sites is 2. The van der Waals surface area contributed by atoms with E-state index in [2.05, 4.69) is 20.5 Å². The van der Waals surface area contributed by atoms with Gasteiger partial charge in [0, 0.05) is 5.39 Å². The second-order valence-electron chi connectivity index (χ2n) is 5.09. The highest BCUT2D eigenvalue weighted by Gasteiger charge is 2.13. The van der Waals surface area contributed by atoms with Gasteiger partial charge in [-0.25, -0.2) is 4.98 Å². The Morgan fingerprint density at radius 3 is 2.59 bits per heavy atom. The lowest BCUT2D eigenvalue weighted by molar-refractivity contribution is 0.787. The number of nitrogens with zero attached hydrogens (tertiary/aromatic N) is 5. The van der Waals surface area contributed by atoms with E-state index in [9.17, 15) is 0 Å². The maximum atomic E-state index is 4.67. The molecule has 0 aliphatic heterocycles. The van der Waals surface area contributed by atoms with Crippen molar-refractivity contribution < 1.29 is 0 Å². The van der Waals surface area contributed by atoms with Crippen molar-refractivity contribution in [3.05, 3.63) is 66.2 Å². The van der Waals surface area contributed by atoms with Gasteiger partial charge in [-0.3, -0.25) is 0 Å². The first-order valence-corrected chi connectivity index (χ1v) is 7.03. The summed E-state index contributed by atoms with van der Waals surface area (Å²) in [5, 5.41) is 13.2. The number of aromatic nitrogens is 5. The largest absolute Gasteiger partial charge is 0.244 e. The molecule has 0 bridgehead atoms. The Morgan fingerprint density at radius 2 is 1.68 bits per heavy atom. The van der Waals surface area contributed by atoms with E-state index in [1.807, 2.05) is 67.6 Å². The normalized spacial score (nSPS) is 11.0. The van der Waals surface area contributed by atoms with Crippen LogP contribution in [0.4, 0.5) is 0 Å². The van der Waals surface area contributed by atoms with Crippen molar-refractivity contribution >= 4 is 10.9 Å². The average molecular weight is 287 g/mol. The summed E-state index contributed by atoms with van der Waals surface area (Å²) < 4.78 is 1.73. The number of rotatable bonds is 2. The molecule has 4 rings (SSSR count). The number of tetrazole rings is 1. The smallest absolute Gasteiger partial charge is 0.205 e. The molecule has 5 nitrogen and oxygen atoms in total. The summed E-state index contributed by atoms with van der Waals surface area (Å²) in [6.07, 6.45) is 0. The van der Waals surface area contributed by atoms with Gasteiger partial charge in [0.15, 0.2) is 0 Å². The van der Waals surface area contributed by atoms with Crippen molar-refractivity contribution in [2.45, 2.75) is 6.92 Å². The fraction of sp³-hybridized carbons (Fsp3) is 0.0588. The maximum Gasteiger partial charge on any atom is 0.205 e. The maximum absolute atomic E-state index is 4.67. The van der Waals surface area contributed by atoms with Crippen LogP contribution in [0.1, 0.15) is 5.56 Å². The minimum atomic E-state index is 0.639. The van der Waals surface area contributed by atoms with Crippen LogP contribution in [0.5, 0.6) is 0 Å². The first-order chi connectivity index (χ1) is 10.8. The van der Waals surface area contributed by atoms with Gasteiger partial charge in [-0.2, -0.15) is 4.68 Å². The summed E-state index contributed by atoms with van der Waals surface area (Å²) in [5.74, 6) is 0.639. The fourth-order valence-corrected chi connectivity index (χ4v) is 2.50. The third-order valence-corrected chi connectivity index (χ3v) is 3.64. The molecule has 0 unspecified atom stereocenters. The molecule has 0 spiro atoms. The van der Waals surface area contributed by atoms with Gasteiger partial charge in [0.2, 0.25) is 5.82 Å². The van der Waals surface area contributed by atoms with E-state index >= 15 is 0 Å². The second-order valence-corrected chi connectivity index (χ2v) is 5.09. The summed E-state index contributed by atoms with van der Waals surface area (Å²) in [5.41, 5.74) is 3.75. The Hall–Kier alpha value is -3.08. The van der Waals surface area contributed by atoms with E-state index in [4.69, 9.17) is 0 Å².